The van der Waals surface area contributed by atoms with Crippen LogP contribution in [-0.4, -0.2) is 48.1 Å². The van der Waals surface area contributed by atoms with Crippen molar-refractivity contribution in [1.82, 2.24) is 4.90 Å². The van der Waals surface area contributed by atoms with Crippen molar-refractivity contribution in [3.05, 3.63) is 66.0 Å². The van der Waals surface area contributed by atoms with Gasteiger partial charge in [-0.15, -0.1) is 0 Å². The third-order valence-corrected chi connectivity index (χ3v) is 7.06. The lowest BCUT2D eigenvalue weighted by Gasteiger charge is -2.30. The third kappa shape index (κ3) is 3.38. The molecule has 28 heavy (non-hydrogen) atoms. The van der Waals surface area contributed by atoms with Crippen LogP contribution >= 0.6 is 0 Å². The second kappa shape index (κ2) is 7.69. The number of nitrogens with two attached hydrogens (primary N) is 1. The lowest BCUT2D eigenvalue weighted by Crippen LogP contribution is -2.45. The van der Waals surface area contributed by atoms with E-state index in [2.05, 4.69) is 0 Å². The molecule has 0 spiro atoms. The number of aliphatic carboxylic acids is 1. The van der Waals surface area contributed by atoms with Crippen LogP contribution in [0.3, 0.4) is 0 Å². The molecule has 0 aliphatic carbocycles. The maximum Gasteiger partial charge on any atom is 0.326 e. The number of nitrogens with zero attached hydrogens (tertiary/aromatic N) is 1. The Labute approximate surface area is 161 Å². The van der Waals surface area contributed by atoms with Gasteiger partial charge in [-0.05, 0) is 24.6 Å². The summed E-state index contributed by atoms with van der Waals surface area (Å²) in [5.41, 5.74) is 5.37. The number of benzene rings is 2. The van der Waals surface area contributed by atoms with Crippen LogP contribution in [0.5, 0.6) is 0 Å². The monoisotopic (exact) mass is 406 g/mol. The summed E-state index contributed by atoms with van der Waals surface area (Å²) in [5.74, 6) is -2.85. The molecule has 2 aromatic rings. The summed E-state index contributed by atoms with van der Waals surface area (Å²) in [4.78, 5) is 25.1. The number of amides is 1. The zero-order valence-corrected chi connectivity index (χ0v) is 15.5. The van der Waals surface area contributed by atoms with Crippen molar-refractivity contribution in [2.24, 2.45) is 5.73 Å². The normalized spacial score (nSPS) is 22.2. The number of hydrogen-bond acceptors (Lipinski definition) is 5. The van der Waals surface area contributed by atoms with E-state index in [1.165, 1.54) is 42.5 Å². The van der Waals surface area contributed by atoms with Gasteiger partial charge in [-0.25, -0.2) is 17.6 Å². The Morgan fingerprint density at radius 1 is 1.11 bits per heavy atom. The van der Waals surface area contributed by atoms with Crippen LogP contribution in [0.4, 0.5) is 4.39 Å². The van der Waals surface area contributed by atoms with Gasteiger partial charge in [0.1, 0.15) is 11.9 Å². The second-order valence-corrected chi connectivity index (χ2v) is 8.62. The molecule has 0 unspecified atom stereocenters. The van der Waals surface area contributed by atoms with Crippen LogP contribution in [-0.2, 0) is 19.4 Å². The van der Waals surface area contributed by atoms with E-state index in [9.17, 15) is 27.5 Å². The topological polar surface area (TPSA) is 118 Å². The van der Waals surface area contributed by atoms with Crippen molar-refractivity contribution in [1.29, 1.82) is 0 Å². The minimum Gasteiger partial charge on any atom is -0.480 e. The van der Waals surface area contributed by atoms with Crippen LogP contribution in [0.1, 0.15) is 18.0 Å². The summed E-state index contributed by atoms with van der Waals surface area (Å²) in [7, 11) is -4.06. The smallest absolute Gasteiger partial charge is 0.326 e. The summed E-state index contributed by atoms with van der Waals surface area (Å²) < 4.78 is 41.1. The number of likely N-dealkylation sites (tertiary alicyclic amines) is 1. The average molecular weight is 406 g/mol. The van der Waals surface area contributed by atoms with Gasteiger partial charge in [-0.2, -0.15) is 0 Å². The molecular weight excluding hydrogens is 387 g/mol. The van der Waals surface area contributed by atoms with Crippen molar-refractivity contribution in [2.75, 3.05) is 6.54 Å². The van der Waals surface area contributed by atoms with Gasteiger partial charge in [0.25, 0.3) is 0 Å². The fraction of sp³-hybridized carbons (Fsp3) is 0.263. The lowest BCUT2D eigenvalue weighted by molar-refractivity contribution is -0.149. The van der Waals surface area contributed by atoms with E-state index in [1.54, 1.807) is 6.07 Å². The zero-order valence-electron chi connectivity index (χ0n) is 14.7. The Balaban J connectivity index is 2.21. The highest BCUT2D eigenvalue weighted by atomic mass is 32.2. The number of carboxylic acid groups (broad SMARTS) is 1. The molecule has 3 rings (SSSR count). The van der Waals surface area contributed by atoms with Crippen LogP contribution in [0.2, 0.25) is 0 Å². The number of carboxylic acids is 1. The molecule has 0 bridgehead atoms. The number of sulfone groups is 1. The van der Waals surface area contributed by atoms with E-state index in [1.807, 2.05) is 0 Å². The molecule has 3 atom stereocenters. The first-order valence-corrected chi connectivity index (χ1v) is 10.1. The Bertz CT molecular complexity index is 996. The number of carbonyl (C=O) groups is 2. The SMILES string of the molecule is NCC(=O)N1[C@@H](C(=O)O)C[C@H](S(=O)(=O)c2ccccc2)[C@H]1c1ccccc1F. The first kappa shape index (κ1) is 20.0. The first-order chi connectivity index (χ1) is 13.3. The largest absolute Gasteiger partial charge is 0.480 e. The zero-order chi connectivity index (χ0) is 20.5. The molecule has 1 aliphatic heterocycles. The fourth-order valence-corrected chi connectivity index (χ4v) is 5.57. The summed E-state index contributed by atoms with van der Waals surface area (Å²) in [5, 5.41) is 8.26. The Morgan fingerprint density at radius 3 is 2.29 bits per heavy atom. The Kier molecular flexibility index (Phi) is 5.48. The van der Waals surface area contributed by atoms with Crippen LogP contribution in [0, 0.1) is 5.82 Å². The van der Waals surface area contributed by atoms with Crippen LogP contribution in [0.25, 0.3) is 0 Å². The highest BCUT2D eigenvalue weighted by Crippen LogP contribution is 2.43. The van der Waals surface area contributed by atoms with E-state index >= 15 is 0 Å². The Morgan fingerprint density at radius 2 is 1.71 bits per heavy atom. The van der Waals surface area contributed by atoms with Gasteiger partial charge in [-0.3, -0.25) is 4.79 Å². The van der Waals surface area contributed by atoms with Gasteiger partial charge in [0.15, 0.2) is 9.84 Å². The standard InChI is InChI=1S/C19H19FN2O5S/c20-14-9-5-4-8-13(14)18-16(28(26,27)12-6-2-1-3-7-12)10-15(19(24)25)22(18)17(23)11-21/h1-9,15-16,18H,10-11,21H2,(H,24,25)/t15-,16+,18-/m1/s1. The molecule has 3 N–H and O–H groups in total. The molecular formula is C19H19FN2O5S. The van der Waals surface area contributed by atoms with Crippen molar-refractivity contribution >= 4 is 21.7 Å². The number of carbonyl (C=O) groups excluding carboxylic acids is 1. The van der Waals surface area contributed by atoms with Crippen molar-refractivity contribution in [3.63, 3.8) is 0 Å². The lowest BCUT2D eigenvalue weighted by atomic mass is 10.0. The highest BCUT2D eigenvalue weighted by Gasteiger charge is 2.53. The third-order valence-electron chi connectivity index (χ3n) is 4.89. The maximum atomic E-state index is 14.6. The number of halogens is 1. The first-order valence-electron chi connectivity index (χ1n) is 8.56. The average Bonchev–Trinajstić information content (AvgIpc) is 3.10. The van der Waals surface area contributed by atoms with Gasteiger partial charge < -0.3 is 15.7 Å². The van der Waals surface area contributed by atoms with Gasteiger partial charge >= 0.3 is 5.97 Å². The molecule has 9 heteroatoms. The molecule has 1 heterocycles. The van der Waals surface area contributed by atoms with Crippen molar-refractivity contribution in [3.8, 4) is 0 Å². The summed E-state index contributed by atoms with van der Waals surface area (Å²) in [6.45, 7) is -0.521. The summed E-state index contributed by atoms with van der Waals surface area (Å²) in [6, 6.07) is 10.2. The van der Waals surface area contributed by atoms with E-state index in [0.717, 1.165) is 11.0 Å². The predicted octanol–water partition coefficient (Wildman–Crippen LogP) is 1.35. The fourth-order valence-electron chi connectivity index (χ4n) is 3.64. The van der Waals surface area contributed by atoms with Gasteiger partial charge in [0.2, 0.25) is 5.91 Å². The molecule has 1 amide bonds. The predicted molar refractivity (Wildman–Crippen MR) is 98.5 cm³/mol. The minimum atomic E-state index is -4.06. The Hall–Kier alpha value is -2.78. The van der Waals surface area contributed by atoms with Crippen molar-refractivity contribution in [2.45, 2.75) is 28.6 Å². The van der Waals surface area contributed by atoms with Gasteiger partial charge in [-0.1, -0.05) is 36.4 Å². The molecule has 148 valence electrons. The van der Waals surface area contributed by atoms with E-state index in [-0.39, 0.29) is 16.9 Å². The van der Waals surface area contributed by atoms with Gasteiger partial charge in [0, 0.05) is 5.56 Å². The molecule has 0 saturated carbocycles. The molecule has 1 saturated heterocycles. The molecule has 0 radical (unpaired) electrons. The second-order valence-electron chi connectivity index (χ2n) is 6.46. The summed E-state index contributed by atoms with van der Waals surface area (Å²) >= 11 is 0. The number of rotatable bonds is 5. The van der Waals surface area contributed by atoms with Crippen LogP contribution < -0.4 is 5.73 Å². The van der Waals surface area contributed by atoms with Gasteiger partial charge in [0.05, 0.1) is 22.7 Å². The molecule has 7 nitrogen and oxygen atoms in total. The van der Waals surface area contributed by atoms with Crippen molar-refractivity contribution < 1.29 is 27.5 Å². The van der Waals surface area contributed by atoms with Crippen LogP contribution in [0.15, 0.2) is 59.5 Å². The van der Waals surface area contributed by atoms with E-state index < -0.39 is 51.4 Å². The maximum absolute atomic E-state index is 14.6. The van der Waals surface area contributed by atoms with E-state index in [4.69, 9.17) is 5.73 Å². The highest BCUT2D eigenvalue weighted by molar-refractivity contribution is 7.92. The minimum absolute atomic E-state index is 0.0208. The molecule has 2 aromatic carbocycles. The summed E-state index contributed by atoms with van der Waals surface area (Å²) in [6.07, 6.45) is -0.364. The quantitative estimate of drug-likeness (QED) is 0.774. The molecule has 1 fully saturated rings. The van der Waals surface area contributed by atoms with E-state index in [0.29, 0.717) is 0 Å². The molecule has 0 aromatic heterocycles. The molecule has 1 aliphatic rings. The number of hydrogen-bond donors (Lipinski definition) is 2.